The van der Waals surface area contributed by atoms with Crippen LogP contribution in [0.3, 0.4) is 0 Å². The van der Waals surface area contributed by atoms with Gasteiger partial charge in [-0.3, -0.25) is 9.59 Å². The molecule has 0 heterocycles. The van der Waals surface area contributed by atoms with Gasteiger partial charge in [0.2, 0.25) is 0 Å². The molecule has 144 valence electrons. The van der Waals surface area contributed by atoms with E-state index in [1.807, 2.05) is 6.92 Å². The smallest absolute Gasteiger partial charge is 0.190 e. The van der Waals surface area contributed by atoms with E-state index in [4.69, 9.17) is 0 Å². The molecule has 0 aliphatic heterocycles. The van der Waals surface area contributed by atoms with Gasteiger partial charge in [-0.2, -0.15) is 0 Å². The SMILES string of the molecule is C[C@]12CCC(=O)C=C1CCC1C2[C@@H](O)C[C@@]2(C)C1CC[C@]2(O)C(=O)CO. The third kappa shape index (κ3) is 2.14. The number of rotatable bonds is 2. The van der Waals surface area contributed by atoms with Crippen molar-refractivity contribution in [2.75, 3.05) is 6.61 Å². The summed E-state index contributed by atoms with van der Waals surface area (Å²) in [6, 6.07) is 0. The maximum Gasteiger partial charge on any atom is 0.190 e. The van der Waals surface area contributed by atoms with E-state index < -0.39 is 29.5 Å². The van der Waals surface area contributed by atoms with Gasteiger partial charge in [0.15, 0.2) is 11.6 Å². The maximum atomic E-state index is 12.4. The van der Waals surface area contributed by atoms with Gasteiger partial charge >= 0.3 is 0 Å². The fraction of sp³-hybridized carbons (Fsp3) is 0.810. The average Bonchev–Trinajstić information content (AvgIpc) is 2.86. The van der Waals surface area contributed by atoms with Gasteiger partial charge in [0.05, 0.1) is 6.10 Å². The average molecular weight is 362 g/mol. The van der Waals surface area contributed by atoms with Crippen LogP contribution in [0.15, 0.2) is 11.6 Å². The zero-order chi connectivity index (χ0) is 18.9. The van der Waals surface area contributed by atoms with Gasteiger partial charge in [0, 0.05) is 11.8 Å². The lowest BCUT2D eigenvalue weighted by Gasteiger charge is -2.60. The Kier molecular flexibility index (Phi) is 4.04. The van der Waals surface area contributed by atoms with E-state index in [9.17, 15) is 24.9 Å². The number of fused-ring (bicyclic) bond motifs is 5. The minimum Gasteiger partial charge on any atom is -0.393 e. The summed E-state index contributed by atoms with van der Waals surface area (Å²) in [5.41, 5.74) is -1.23. The summed E-state index contributed by atoms with van der Waals surface area (Å²) in [6.45, 7) is 3.46. The van der Waals surface area contributed by atoms with Crippen LogP contribution < -0.4 is 0 Å². The minimum atomic E-state index is -1.54. The van der Waals surface area contributed by atoms with E-state index in [-0.39, 0.29) is 29.0 Å². The molecule has 4 rings (SSSR count). The fourth-order valence-corrected chi connectivity index (χ4v) is 7.28. The lowest BCUT2D eigenvalue weighted by atomic mass is 9.45. The summed E-state index contributed by atoms with van der Waals surface area (Å²) in [7, 11) is 0. The molecule has 3 fully saturated rings. The third-order valence-electron chi connectivity index (χ3n) is 8.65. The van der Waals surface area contributed by atoms with E-state index in [0.29, 0.717) is 19.3 Å². The van der Waals surface area contributed by atoms with Gasteiger partial charge < -0.3 is 15.3 Å². The largest absolute Gasteiger partial charge is 0.393 e. The Morgan fingerprint density at radius 1 is 1.23 bits per heavy atom. The van der Waals surface area contributed by atoms with Crippen LogP contribution in [0.25, 0.3) is 0 Å². The van der Waals surface area contributed by atoms with Crippen LogP contribution in [0, 0.1) is 28.6 Å². The molecule has 3 N–H and O–H groups in total. The van der Waals surface area contributed by atoms with Crippen LogP contribution in [0.2, 0.25) is 0 Å². The summed E-state index contributed by atoms with van der Waals surface area (Å²) >= 11 is 0. The molecule has 5 nitrogen and oxygen atoms in total. The van der Waals surface area contributed by atoms with Crippen molar-refractivity contribution in [1.29, 1.82) is 0 Å². The number of carbonyl (C=O) groups excluding carboxylic acids is 2. The van der Waals surface area contributed by atoms with Crippen LogP contribution in [0.1, 0.15) is 58.8 Å². The summed E-state index contributed by atoms with van der Waals surface area (Å²) in [4.78, 5) is 24.3. The number of ketones is 2. The molecule has 0 bridgehead atoms. The molecule has 3 saturated carbocycles. The Balaban J connectivity index is 1.74. The first-order chi connectivity index (χ1) is 12.2. The summed E-state index contributed by atoms with van der Waals surface area (Å²) < 4.78 is 0. The molecule has 3 unspecified atom stereocenters. The third-order valence-corrected chi connectivity index (χ3v) is 8.65. The van der Waals surface area contributed by atoms with Crippen LogP contribution in [-0.4, -0.2) is 45.2 Å². The molecule has 4 aliphatic rings. The van der Waals surface area contributed by atoms with Gasteiger partial charge in [-0.1, -0.05) is 19.4 Å². The number of Topliss-reactive ketones (excluding diaryl/α,β-unsaturated/α-hetero) is 1. The number of allylic oxidation sites excluding steroid dienone is 1. The molecule has 0 saturated heterocycles. The Labute approximate surface area is 154 Å². The second-order valence-corrected chi connectivity index (χ2v) is 9.56. The quantitative estimate of drug-likeness (QED) is 0.696. The lowest BCUT2D eigenvalue weighted by molar-refractivity contribution is -0.182. The minimum absolute atomic E-state index is 0.0697. The van der Waals surface area contributed by atoms with Gasteiger partial charge in [-0.15, -0.1) is 0 Å². The van der Waals surface area contributed by atoms with E-state index in [2.05, 4.69) is 6.92 Å². The number of hydrogen-bond donors (Lipinski definition) is 3. The second kappa shape index (κ2) is 5.73. The molecule has 5 heteroatoms. The van der Waals surface area contributed by atoms with E-state index >= 15 is 0 Å². The molecule has 0 amide bonds. The Morgan fingerprint density at radius 3 is 2.65 bits per heavy atom. The van der Waals surface area contributed by atoms with Crippen molar-refractivity contribution in [2.24, 2.45) is 28.6 Å². The van der Waals surface area contributed by atoms with Crippen molar-refractivity contribution < 1.29 is 24.9 Å². The zero-order valence-electron chi connectivity index (χ0n) is 15.7. The van der Waals surface area contributed by atoms with Crippen LogP contribution in [0.5, 0.6) is 0 Å². The highest BCUT2D eigenvalue weighted by Crippen LogP contribution is 2.67. The normalized spacial score (nSPS) is 50.5. The van der Waals surface area contributed by atoms with E-state index in [0.717, 1.165) is 25.7 Å². The molecular weight excluding hydrogens is 332 g/mol. The topological polar surface area (TPSA) is 94.8 Å². The van der Waals surface area contributed by atoms with E-state index in [1.165, 1.54) is 5.57 Å². The first-order valence-corrected chi connectivity index (χ1v) is 9.96. The molecular formula is C21H30O5. The number of aliphatic hydroxyl groups excluding tert-OH is 2. The fourth-order valence-electron chi connectivity index (χ4n) is 7.28. The predicted molar refractivity (Wildman–Crippen MR) is 95.1 cm³/mol. The molecule has 4 aliphatic carbocycles. The van der Waals surface area contributed by atoms with Crippen molar-refractivity contribution in [3.63, 3.8) is 0 Å². The van der Waals surface area contributed by atoms with Gasteiger partial charge in [0.25, 0.3) is 0 Å². The monoisotopic (exact) mass is 362 g/mol. The van der Waals surface area contributed by atoms with E-state index in [1.54, 1.807) is 6.08 Å². The molecule has 0 aromatic rings. The molecule has 0 aromatic carbocycles. The van der Waals surface area contributed by atoms with Gasteiger partial charge in [-0.05, 0) is 67.8 Å². The number of hydrogen-bond acceptors (Lipinski definition) is 5. The highest BCUT2D eigenvalue weighted by molar-refractivity contribution is 5.91. The standard InChI is InChI=1S/C21H30O5/c1-19-7-5-13(23)9-12(19)3-4-14-15-6-8-21(26,17(25)11-22)20(15,2)10-16(24)18(14)19/h9,14-16,18,22,24,26H,3-8,10-11H2,1-2H3/t14?,15?,16-,18?,19-,20-,21-/m0/s1. The first-order valence-electron chi connectivity index (χ1n) is 9.96. The van der Waals surface area contributed by atoms with Crippen molar-refractivity contribution in [3.8, 4) is 0 Å². The molecule has 0 aromatic heterocycles. The number of aliphatic hydroxyl groups is 3. The van der Waals surface area contributed by atoms with Crippen molar-refractivity contribution in [3.05, 3.63) is 11.6 Å². The first kappa shape index (κ1) is 18.3. The summed E-state index contributed by atoms with van der Waals surface area (Å²) in [6.07, 6.45) is 5.74. The zero-order valence-corrected chi connectivity index (χ0v) is 15.7. The Bertz CT molecular complexity index is 684. The lowest BCUT2D eigenvalue weighted by Crippen LogP contribution is -2.62. The highest BCUT2D eigenvalue weighted by atomic mass is 16.3. The van der Waals surface area contributed by atoms with Crippen LogP contribution >= 0.6 is 0 Å². The van der Waals surface area contributed by atoms with Crippen molar-refractivity contribution in [2.45, 2.75) is 70.5 Å². The highest BCUT2D eigenvalue weighted by Gasteiger charge is 2.68. The number of carbonyl (C=O) groups is 2. The molecule has 0 spiro atoms. The van der Waals surface area contributed by atoms with Crippen molar-refractivity contribution in [1.82, 2.24) is 0 Å². The molecule has 7 atom stereocenters. The van der Waals surface area contributed by atoms with Crippen LogP contribution in [0.4, 0.5) is 0 Å². The Morgan fingerprint density at radius 2 is 1.96 bits per heavy atom. The van der Waals surface area contributed by atoms with Crippen LogP contribution in [-0.2, 0) is 9.59 Å². The predicted octanol–water partition coefficient (Wildman–Crippen LogP) is 1.78. The molecule has 26 heavy (non-hydrogen) atoms. The van der Waals surface area contributed by atoms with Gasteiger partial charge in [-0.25, -0.2) is 0 Å². The maximum absolute atomic E-state index is 12.4. The second-order valence-electron chi connectivity index (χ2n) is 9.56. The summed E-state index contributed by atoms with van der Waals surface area (Å²) in [5.74, 6) is 0.140. The Hall–Kier alpha value is -1.04. The molecule has 0 radical (unpaired) electrons. The summed E-state index contributed by atoms with van der Waals surface area (Å²) in [5, 5.41) is 31.7. The van der Waals surface area contributed by atoms with Gasteiger partial charge in [0.1, 0.15) is 12.2 Å². The van der Waals surface area contributed by atoms with Crippen molar-refractivity contribution >= 4 is 11.6 Å².